The number of nitrogens with zero attached hydrogens (tertiary/aromatic N) is 2. The monoisotopic (exact) mass is 408 g/mol. The average molecular weight is 409 g/mol. The lowest BCUT2D eigenvalue weighted by atomic mass is 9.86. The minimum Gasteiger partial charge on any atom is -0.410 e. The standard InChI is InChI=1S/C22H33ClN2O3/c1-4-14-24(2)15-5-16-27-17-18-6-10-20(11-7-18)25(3)22(26)28-21-12-8-19(23)9-13-21/h4,8-9,12-13,18,20H,1,5-7,10-11,14-17H2,2-3H3/t18-,20-. The maximum Gasteiger partial charge on any atom is 0.415 e. The SMILES string of the molecule is C=CCN(C)CCCOC[C@H]1CC[C@H](N(C)C(=O)Oc2ccc(Cl)cc2)CC1. The van der Waals surface area contributed by atoms with Gasteiger partial charge in [-0.15, -0.1) is 6.58 Å². The smallest absolute Gasteiger partial charge is 0.410 e. The molecule has 1 aromatic carbocycles. The lowest BCUT2D eigenvalue weighted by Gasteiger charge is -2.34. The molecule has 1 aliphatic rings. The predicted octanol–water partition coefficient (Wildman–Crippen LogP) is 4.85. The number of carbonyl (C=O) groups is 1. The van der Waals surface area contributed by atoms with Gasteiger partial charge in [0.25, 0.3) is 0 Å². The van der Waals surface area contributed by atoms with Gasteiger partial charge in [-0.3, -0.25) is 0 Å². The number of benzene rings is 1. The van der Waals surface area contributed by atoms with E-state index in [4.69, 9.17) is 21.1 Å². The van der Waals surface area contributed by atoms with E-state index in [0.29, 0.717) is 16.7 Å². The fourth-order valence-electron chi connectivity index (χ4n) is 3.52. The Morgan fingerprint density at radius 3 is 2.54 bits per heavy atom. The van der Waals surface area contributed by atoms with Crippen molar-refractivity contribution in [3.05, 3.63) is 41.9 Å². The third-order valence-corrected chi connectivity index (χ3v) is 5.55. The van der Waals surface area contributed by atoms with E-state index in [9.17, 15) is 4.79 Å². The largest absolute Gasteiger partial charge is 0.415 e. The van der Waals surface area contributed by atoms with E-state index in [2.05, 4.69) is 18.5 Å². The van der Waals surface area contributed by atoms with Crippen LogP contribution < -0.4 is 4.74 Å². The predicted molar refractivity (Wildman–Crippen MR) is 114 cm³/mol. The van der Waals surface area contributed by atoms with Gasteiger partial charge < -0.3 is 19.3 Å². The summed E-state index contributed by atoms with van der Waals surface area (Å²) in [5.74, 6) is 1.10. The zero-order valence-electron chi connectivity index (χ0n) is 17.1. The van der Waals surface area contributed by atoms with E-state index in [1.165, 1.54) is 0 Å². The van der Waals surface area contributed by atoms with Crippen LogP contribution in [0.2, 0.25) is 5.02 Å². The second kappa shape index (κ2) is 12.1. The highest BCUT2D eigenvalue weighted by Crippen LogP contribution is 2.28. The van der Waals surface area contributed by atoms with E-state index in [-0.39, 0.29) is 12.1 Å². The molecule has 0 unspecified atom stereocenters. The van der Waals surface area contributed by atoms with Crippen LogP contribution in [-0.4, -0.2) is 62.3 Å². The molecule has 0 aliphatic heterocycles. The van der Waals surface area contributed by atoms with Crippen LogP contribution in [0.5, 0.6) is 5.75 Å². The number of rotatable bonds is 10. The fourth-order valence-corrected chi connectivity index (χ4v) is 3.65. The molecule has 0 radical (unpaired) electrons. The highest BCUT2D eigenvalue weighted by molar-refractivity contribution is 6.30. The molecule has 156 valence electrons. The van der Waals surface area contributed by atoms with Crippen molar-refractivity contribution < 1.29 is 14.3 Å². The Balaban J connectivity index is 1.62. The molecule has 0 bridgehead atoms. The van der Waals surface area contributed by atoms with Crippen molar-refractivity contribution in [2.24, 2.45) is 5.92 Å². The van der Waals surface area contributed by atoms with Gasteiger partial charge in [-0.05, 0) is 69.3 Å². The lowest BCUT2D eigenvalue weighted by Crippen LogP contribution is -2.41. The van der Waals surface area contributed by atoms with Crippen LogP contribution in [-0.2, 0) is 4.74 Å². The van der Waals surface area contributed by atoms with Crippen molar-refractivity contribution in [3.63, 3.8) is 0 Å². The number of hydrogen-bond donors (Lipinski definition) is 0. The van der Waals surface area contributed by atoms with E-state index >= 15 is 0 Å². The maximum absolute atomic E-state index is 12.4. The highest BCUT2D eigenvalue weighted by atomic mass is 35.5. The summed E-state index contributed by atoms with van der Waals surface area (Å²) in [7, 11) is 3.91. The Morgan fingerprint density at radius 2 is 1.89 bits per heavy atom. The van der Waals surface area contributed by atoms with Crippen molar-refractivity contribution in [2.75, 3.05) is 40.4 Å². The zero-order valence-corrected chi connectivity index (χ0v) is 17.9. The van der Waals surface area contributed by atoms with E-state index in [1.54, 1.807) is 29.2 Å². The molecule has 6 heteroatoms. The van der Waals surface area contributed by atoms with E-state index < -0.39 is 0 Å². The molecule has 28 heavy (non-hydrogen) atoms. The molecule has 1 amide bonds. The quantitative estimate of drug-likeness (QED) is 0.409. The van der Waals surface area contributed by atoms with Crippen LogP contribution in [0, 0.1) is 5.92 Å². The minimum absolute atomic E-state index is 0.226. The zero-order chi connectivity index (χ0) is 20.4. The number of carbonyl (C=O) groups excluding carboxylic acids is 1. The van der Waals surface area contributed by atoms with Crippen molar-refractivity contribution in [3.8, 4) is 5.75 Å². The molecule has 0 N–H and O–H groups in total. The minimum atomic E-state index is -0.314. The first kappa shape index (κ1) is 22.7. The van der Waals surface area contributed by atoms with Gasteiger partial charge in [-0.2, -0.15) is 0 Å². The molecule has 0 aromatic heterocycles. The normalized spacial score (nSPS) is 19.4. The van der Waals surface area contributed by atoms with Gasteiger partial charge in [0, 0.05) is 44.4 Å². The molecule has 1 aliphatic carbocycles. The molecule has 5 nitrogen and oxygen atoms in total. The summed E-state index contributed by atoms with van der Waals surface area (Å²) in [6.07, 6.45) is 6.79. The average Bonchev–Trinajstić information content (AvgIpc) is 2.69. The third-order valence-electron chi connectivity index (χ3n) is 5.29. The van der Waals surface area contributed by atoms with Crippen LogP contribution in [0.1, 0.15) is 32.1 Å². The number of amides is 1. The summed E-state index contributed by atoms with van der Waals surface area (Å²) >= 11 is 5.86. The molecule has 1 fully saturated rings. The van der Waals surface area contributed by atoms with Crippen molar-refractivity contribution in [1.82, 2.24) is 9.80 Å². The second-order valence-corrected chi connectivity index (χ2v) is 8.02. The van der Waals surface area contributed by atoms with Gasteiger partial charge in [0.05, 0.1) is 0 Å². The van der Waals surface area contributed by atoms with Gasteiger partial charge in [-0.1, -0.05) is 17.7 Å². The summed E-state index contributed by atoms with van der Waals surface area (Å²) in [5.41, 5.74) is 0. The van der Waals surface area contributed by atoms with E-state index in [0.717, 1.165) is 58.4 Å². The Hall–Kier alpha value is -1.56. The molecule has 1 aromatic rings. The first-order valence-corrected chi connectivity index (χ1v) is 10.4. The number of halogens is 1. The van der Waals surface area contributed by atoms with Crippen molar-refractivity contribution >= 4 is 17.7 Å². The lowest BCUT2D eigenvalue weighted by molar-refractivity contribution is 0.0645. The van der Waals surface area contributed by atoms with Gasteiger partial charge in [0.2, 0.25) is 0 Å². The van der Waals surface area contributed by atoms with Gasteiger partial charge in [0.1, 0.15) is 5.75 Å². The maximum atomic E-state index is 12.4. The molecular formula is C22H33ClN2O3. The van der Waals surface area contributed by atoms with Crippen molar-refractivity contribution in [2.45, 2.75) is 38.1 Å². The summed E-state index contributed by atoms with van der Waals surface area (Å²) in [6.45, 7) is 7.31. The highest BCUT2D eigenvalue weighted by Gasteiger charge is 2.27. The fraction of sp³-hybridized carbons (Fsp3) is 0.591. The second-order valence-electron chi connectivity index (χ2n) is 7.59. The Labute approximate surface area is 174 Å². The topological polar surface area (TPSA) is 42.0 Å². The molecule has 0 atom stereocenters. The van der Waals surface area contributed by atoms with Crippen molar-refractivity contribution in [1.29, 1.82) is 0 Å². The Bertz CT molecular complexity index is 600. The number of likely N-dealkylation sites (N-methyl/N-ethyl adjacent to an activating group) is 1. The van der Waals surface area contributed by atoms with Crippen LogP contribution in [0.4, 0.5) is 4.79 Å². The summed E-state index contributed by atoms with van der Waals surface area (Å²) in [6, 6.07) is 7.07. The van der Waals surface area contributed by atoms with Crippen LogP contribution in [0.25, 0.3) is 0 Å². The molecule has 2 rings (SSSR count). The summed E-state index contributed by atoms with van der Waals surface area (Å²) in [4.78, 5) is 16.3. The Kier molecular flexibility index (Phi) is 9.82. The first-order valence-electron chi connectivity index (χ1n) is 10.1. The van der Waals surface area contributed by atoms with Gasteiger partial charge in [-0.25, -0.2) is 4.79 Å². The van der Waals surface area contributed by atoms with E-state index in [1.807, 2.05) is 13.1 Å². The number of hydrogen-bond acceptors (Lipinski definition) is 4. The van der Waals surface area contributed by atoms with Crippen LogP contribution in [0.15, 0.2) is 36.9 Å². The molecule has 1 saturated carbocycles. The van der Waals surface area contributed by atoms with Gasteiger partial charge in [0.15, 0.2) is 0 Å². The molecule has 0 heterocycles. The van der Waals surface area contributed by atoms with Gasteiger partial charge >= 0.3 is 6.09 Å². The Morgan fingerprint density at radius 1 is 1.21 bits per heavy atom. The number of ether oxygens (including phenoxy) is 2. The molecule has 0 spiro atoms. The molecular weight excluding hydrogens is 376 g/mol. The summed E-state index contributed by atoms with van der Waals surface area (Å²) in [5, 5.41) is 0.623. The summed E-state index contributed by atoms with van der Waals surface area (Å²) < 4.78 is 11.3. The first-order chi connectivity index (χ1) is 13.5. The van der Waals surface area contributed by atoms with Crippen LogP contribution >= 0.6 is 11.6 Å². The third kappa shape index (κ3) is 7.82. The molecule has 0 saturated heterocycles. The van der Waals surface area contributed by atoms with Crippen LogP contribution in [0.3, 0.4) is 0 Å².